The Balaban J connectivity index is 2.46. The number of carbonyl (C=O) groups excluding carboxylic acids is 1. The second kappa shape index (κ2) is 6.19. The van der Waals surface area contributed by atoms with Crippen molar-refractivity contribution in [1.29, 1.82) is 0 Å². The van der Waals surface area contributed by atoms with Gasteiger partial charge in [0.2, 0.25) is 0 Å². The third-order valence-electron chi connectivity index (χ3n) is 2.12. The fourth-order valence-electron chi connectivity index (χ4n) is 1.42. The van der Waals surface area contributed by atoms with Gasteiger partial charge in [0.05, 0.1) is 6.61 Å². The van der Waals surface area contributed by atoms with Crippen LogP contribution in [0.3, 0.4) is 0 Å². The van der Waals surface area contributed by atoms with Crippen molar-refractivity contribution in [2.75, 3.05) is 13.2 Å². The number of hydrogen-bond donors (Lipinski definition) is 1. The summed E-state index contributed by atoms with van der Waals surface area (Å²) in [5.41, 5.74) is 7.90. The van der Waals surface area contributed by atoms with E-state index in [-0.39, 0.29) is 5.97 Å². The predicted molar refractivity (Wildman–Crippen MR) is 59.5 cm³/mol. The van der Waals surface area contributed by atoms with Crippen LogP contribution >= 0.6 is 0 Å². The molecule has 82 valence electrons. The highest BCUT2D eigenvalue weighted by Gasteiger charge is 1.97. The maximum Gasteiger partial charge on any atom is 0.302 e. The summed E-state index contributed by atoms with van der Waals surface area (Å²) in [5, 5.41) is 0. The summed E-state index contributed by atoms with van der Waals surface area (Å²) >= 11 is 0. The lowest BCUT2D eigenvalue weighted by molar-refractivity contribution is -0.140. The molecule has 0 heterocycles. The summed E-state index contributed by atoms with van der Waals surface area (Å²) < 4.78 is 4.88. The second-order valence-corrected chi connectivity index (χ2v) is 3.45. The highest BCUT2D eigenvalue weighted by Crippen LogP contribution is 2.06. The fourth-order valence-corrected chi connectivity index (χ4v) is 1.42. The van der Waals surface area contributed by atoms with Crippen LogP contribution in [-0.4, -0.2) is 19.1 Å². The summed E-state index contributed by atoms with van der Waals surface area (Å²) in [7, 11) is 0. The van der Waals surface area contributed by atoms with Crippen molar-refractivity contribution >= 4 is 5.97 Å². The molecule has 0 aromatic heterocycles. The van der Waals surface area contributed by atoms with Crippen LogP contribution in [0.15, 0.2) is 24.3 Å². The monoisotopic (exact) mass is 207 g/mol. The zero-order valence-corrected chi connectivity index (χ0v) is 9.03. The second-order valence-electron chi connectivity index (χ2n) is 3.45. The van der Waals surface area contributed by atoms with E-state index in [9.17, 15) is 4.79 Å². The molecule has 1 aromatic carbocycles. The van der Waals surface area contributed by atoms with Gasteiger partial charge in [0.1, 0.15) is 0 Å². The van der Waals surface area contributed by atoms with Crippen molar-refractivity contribution in [2.24, 2.45) is 5.73 Å². The number of hydrogen-bond acceptors (Lipinski definition) is 3. The van der Waals surface area contributed by atoms with E-state index in [0.29, 0.717) is 13.2 Å². The zero-order chi connectivity index (χ0) is 11.1. The third kappa shape index (κ3) is 4.61. The van der Waals surface area contributed by atoms with Crippen LogP contribution in [0, 0.1) is 0 Å². The summed E-state index contributed by atoms with van der Waals surface area (Å²) in [5.74, 6) is -0.229. The maximum atomic E-state index is 10.6. The minimum Gasteiger partial charge on any atom is -0.466 e. The predicted octanol–water partition coefficient (Wildman–Crippen LogP) is 1.29. The van der Waals surface area contributed by atoms with Gasteiger partial charge in [-0.3, -0.25) is 4.79 Å². The van der Waals surface area contributed by atoms with E-state index in [1.807, 2.05) is 12.1 Å². The highest BCUT2D eigenvalue weighted by molar-refractivity contribution is 5.65. The van der Waals surface area contributed by atoms with E-state index in [0.717, 1.165) is 12.8 Å². The maximum absolute atomic E-state index is 10.6. The van der Waals surface area contributed by atoms with Gasteiger partial charge in [0.25, 0.3) is 0 Å². The molecule has 0 unspecified atom stereocenters. The van der Waals surface area contributed by atoms with Crippen LogP contribution in [0.2, 0.25) is 0 Å². The van der Waals surface area contributed by atoms with Crippen LogP contribution in [0.4, 0.5) is 0 Å². The molecule has 15 heavy (non-hydrogen) atoms. The summed E-state index contributed by atoms with van der Waals surface area (Å²) in [6.07, 6.45) is 1.65. The van der Waals surface area contributed by atoms with Crippen molar-refractivity contribution in [2.45, 2.75) is 19.8 Å². The van der Waals surface area contributed by atoms with E-state index in [2.05, 4.69) is 12.1 Å². The lowest BCUT2D eigenvalue weighted by Gasteiger charge is -2.04. The Hall–Kier alpha value is -1.35. The highest BCUT2D eigenvalue weighted by atomic mass is 16.5. The molecule has 3 nitrogen and oxygen atoms in total. The average Bonchev–Trinajstić information content (AvgIpc) is 2.18. The number of benzene rings is 1. The average molecular weight is 207 g/mol. The minimum absolute atomic E-state index is 0.229. The molecular weight excluding hydrogens is 190 g/mol. The van der Waals surface area contributed by atoms with E-state index in [1.165, 1.54) is 18.1 Å². The number of esters is 1. The molecule has 0 amide bonds. The lowest BCUT2D eigenvalue weighted by Crippen LogP contribution is -2.05. The van der Waals surface area contributed by atoms with Crippen molar-refractivity contribution < 1.29 is 9.53 Å². The molecule has 2 N–H and O–H groups in total. The lowest BCUT2D eigenvalue weighted by atomic mass is 10.1. The number of carbonyl (C=O) groups is 1. The Bertz CT molecular complexity index is 323. The number of ether oxygens (including phenoxy) is 1. The van der Waals surface area contributed by atoms with E-state index in [4.69, 9.17) is 10.5 Å². The Morgan fingerprint density at radius 3 is 2.60 bits per heavy atom. The molecule has 0 radical (unpaired) electrons. The summed E-state index contributed by atoms with van der Waals surface area (Å²) in [6.45, 7) is 2.53. The van der Waals surface area contributed by atoms with Gasteiger partial charge in [-0.1, -0.05) is 24.3 Å². The molecule has 0 aliphatic rings. The molecule has 0 fully saturated rings. The quantitative estimate of drug-likeness (QED) is 0.740. The standard InChI is InChI=1S/C12H17NO2/c1-10(14)15-8-6-12-4-2-3-11(9-12)5-7-13/h2-4,9H,5-8,13H2,1H3. The SMILES string of the molecule is CC(=O)OCCc1cccc(CCN)c1. The molecule has 0 atom stereocenters. The molecule has 0 aliphatic carbocycles. The van der Waals surface area contributed by atoms with Gasteiger partial charge in [-0.25, -0.2) is 0 Å². The molecule has 1 rings (SSSR count). The van der Waals surface area contributed by atoms with Gasteiger partial charge < -0.3 is 10.5 Å². The molecule has 0 aliphatic heterocycles. The number of rotatable bonds is 5. The van der Waals surface area contributed by atoms with E-state index < -0.39 is 0 Å². The van der Waals surface area contributed by atoms with Crippen LogP contribution in [-0.2, 0) is 22.4 Å². The van der Waals surface area contributed by atoms with E-state index >= 15 is 0 Å². The van der Waals surface area contributed by atoms with Crippen molar-refractivity contribution in [3.63, 3.8) is 0 Å². The van der Waals surface area contributed by atoms with Gasteiger partial charge in [-0.05, 0) is 24.1 Å². The minimum atomic E-state index is -0.229. The molecule has 3 heteroatoms. The van der Waals surface area contributed by atoms with Gasteiger partial charge in [-0.2, -0.15) is 0 Å². The Morgan fingerprint density at radius 1 is 1.33 bits per heavy atom. The fraction of sp³-hybridized carbons (Fsp3) is 0.417. The van der Waals surface area contributed by atoms with Crippen LogP contribution < -0.4 is 5.73 Å². The van der Waals surface area contributed by atoms with Crippen LogP contribution in [0.5, 0.6) is 0 Å². The Kier molecular flexibility index (Phi) is 4.84. The number of nitrogens with two attached hydrogens (primary N) is 1. The summed E-state index contributed by atoms with van der Waals surface area (Å²) in [4.78, 5) is 10.6. The van der Waals surface area contributed by atoms with Crippen LogP contribution in [0.25, 0.3) is 0 Å². The Labute approximate surface area is 90.2 Å². The normalized spacial score (nSPS) is 10.0. The van der Waals surface area contributed by atoms with Gasteiger partial charge >= 0.3 is 5.97 Å². The summed E-state index contributed by atoms with van der Waals surface area (Å²) in [6, 6.07) is 8.20. The molecule has 1 aromatic rings. The largest absolute Gasteiger partial charge is 0.466 e. The van der Waals surface area contributed by atoms with Gasteiger partial charge in [0.15, 0.2) is 0 Å². The first kappa shape index (κ1) is 11.7. The third-order valence-corrected chi connectivity index (χ3v) is 2.12. The van der Waals surface area contributed by atoms with Crippen molar-refractivity contribution in [3.05, 3.63) is 35.4 Å². The first-order chi connectivity index (χ1) is 7.22. The van der Waals surface area contributed by atoms with E-state index in [1.54, 1.807) is 0 Å². The smallest absolute Gasteiger partial charge is 0.302 e. The Morgan fingerprint density at radius 2 is 2.00 bits per heavy atom. The molecule has 0 spiro atoms. The van der Waals surface area contributed by atoms with Crippen molar-refractivity contribution in [3.8, 4) is 0 Å². The van der Waals surface area contributed by atoms with Crippen LogP contribution in [0.1, 0.15) is 18.1 Å². The molecule has 0 saturated carbocycles. The van der Waals surface area contributed by atoms with Crippen molar-refractivity contribution in [1.82, 2.24) is 0 Å². The zero-order valence-electron chi connectivity index (χ0n) is 9.03. The first-order valence-corrected chi connectivity index (χ1v) is 5.13. The van der Waals surface area contributed by atoms with Gasteiger partial charge in [0, 0.05) is 13.3 Å². The first-order valence-electron chi connectivity index (χ1n) is 5.13. The molecule has 0 bridgehead atoms. The molecule has 0 saturated heterocycles. The topological polar surface area (TPSA) is 52.3 Å². The molecular formula is C12H17NO2. The van der Waals surface area contributed by atoms with Gasteiger partial charge in [-0.15, -0.1) is 0 Å².